The summed E-state index contributed by atoms with van der Waals surface area (Å²) in [4.78, 5) is 38.5. The molecule has 42 heavy (non-hydrogen) atoms. The molecular formula is C26H29BrF2N3O9P. The van der Waals surface area contributed by atoms with Gasteiger partial charge in [0.15, 0.2) is 18.0 Å². The highest BCUT2D eigenvalue weighted by atomic mass is 79.9. The van der Waals surface area contributed by atoms with Crippen LogP contribution in [-0.4, -0.2) is 57.0 Å². The molecule has 0 aliphatic carbocycles. The number of hydrogen-bond acceptors (Lipinski definition) is 9. The van der Waals surface area contributed by atoms with Crippen molar-refractivity contribution in [1.29, 1.82) is 0 Å². The molecule has 0 saturated carbocycles. The number of nitrogens with one attached hydrogen (secondary N) is 2. The number of aromatic amines is 1. The van der Waals surface area contributed by atoms with Crippen LogP contribution in [0.15, 0.2) is 62.7 Å². The number of hydrogen-bond donors (Lipinski definition) is 3. The molecular weight excluding hydrogens is 647 g/mol. The van der Waals surface area contributed by atoms with E-state index in [1.807, 2.05) is 4.98 Å². The van der Waals surface area contributed by atoms with Crippen LogP contribution in [0.2, 0.25) is 0 Å². The first-order valence-corrected chi connectivity index (χ1v) is 15.0. The molecule has 1 aliphatic rings. The van der Waals surface area contributed by atoms with E-state index >= 15 is 8.78 Å². The molecule has 2 heterocycles. The third kappa shape index (κ3) is 6.51. The van der Waals surface area contributed by atoms with Crippen molar-refractivity contribution >= 4 is 40.4 Å². The van der Waals surface area contributed by atoms with Crippen LogP contribution >= 0.6 is 23.7 Å². The van der Waals surface area contributed by atoms with Gasteiger partial charge in [0.05, 0.1) is 10.6 Å². The van der Waals surface area contributed by atoms with Crippen molar-refractivity contribution < 1.29 is 41.8 Å². The minimum Gasteiger partial charge on any atom is -0.462 e. The van der Waals surface area contributed by atoms with Gasteiger partial charge in [0.2, 0.25) is 0 Å². The summed E-state index contributed by atoms with van der Waals surface area (Å²) in [5.74, 6) is -4.15. The molecule has 2 aromatic carbocycles. The molecule has 0 bridgehead atoms. The molecule has 16 heteroatoms. The van der Waals surface area contributed by atoms with E-state index in [2.05, 4.69) is 21.0 Å². The van der Waals surface area contributed by atoms with Crippen molar-refractivity contribution in [2.45, 2.75) is 63.7 Å². The Balaban J connectivity index is 1.65. The van der Waals surface area contributed by atoms with E-state index in [1.165, 1.54) is 13.0 Å². The first-order valence-electron chi connectivity index (χ1n) is 12.7. The second-order valence-corrected chi connectivity index (χ2v) is 12.7. The van der Waals surface area contributed by atoms with Crippen molar-refractivity contribution in [3.8, 4) is 5.75 Å². The van der Waals surface area contributed by atoms with E-state index < -0.39 is 67.6 Å². The summed E-state index contributed by atoms with van der Waals surface area (Å²) < 4.78 is 67.6. The number of halogens is 3. The van der Waals surface area contributed by atoms with E-state index in [9.17, 15) is 24.1 Å². The third-order valence-corrected chi connectivity index (χ3v) is 8.54. The standard InChI is InChI=1S/C26H29BrF2N3O9P/c1-14(2)39-21(34)15(3)31-42(37,41-19-11-7-9-16-8-5-6-10-17(16)19)38-13-26(29)22(35)25(4,28)23(40-26)32-12-18(27)20(33)30-24(32)36/h5-12,14-15,22-23,35H,13H2,1-4H3,(H,31,37)(H,30,33,36)/t15?,22-,23?,25+,26+,42?/m0/s1. The first-order chi connectivity index (χ1) is 19.6. The number of aliphatic hydroxyl groups is 1. The zero-order valence-corrected chi connectivity index (χ0v) is 25.4. The number of carbonyl (C=O) groups excluding carboxylic acids is 1. The molecule has 1 aromatic heterocycles. The molecule has 1 saturated heterocycles. The predicted octanol–water partition coefficient (Wildman–Crippen LogP) is 3.87. The van der Waals surface area contributed by atoms with Crippen molar-refractivity contribution in [2.75, 3.05) is 6.61 Å². The molecule has 12 nitrogen and oxygen atoms in total. The van der Waals surface area contributed by atoms with Crippen molar-refractivity contribution in [1.82, 2.24) is 14.6 Å². The number of nitrogens with zero attached hydrogens (tertiary/aromatic N) is 1. The zero-order chi connectivity index (χ0) is 31.0. The van der Waals surface area contributed by atoms with Gasteiger partial charge in [-0.1, -0.05) is 36.4 Å². The maximum Gasteiger partial charge on any atom is 0.459 e. The van der Waals surface area contributed by atoms with E-state index in [0.717, 1.165) is 13.1 Å². The van der Waals surface area contributed by atoms with Gasteiger partial charge in [0.1, 0.15) is 18.4 Å². The highest BCUT2D eigenvalue weighted by Crippen LogP contribution is 2.52. The van der Waals surface area contributed by atoms with Gasteiger partial charge < -0.3 is 19.1 Å². The number of alkyl halides is 2. The minimum atomic E-state index is -4.71. The van der Waals surface area contributed by atoms with Crippen LogP contribution in [0.5, 0.6) is 5.75 Å². The Morgan fingerprint density at radius 3 is 2.57 bits per heavy atom. The molecule has 3 unspecified atom stereocenters. The average molecular weight is 676 g/mol. The molecule has 3 N–H and O–H groups in total. The second-order valence-electron chi connectivity index (χ2n) is 10.1. The summed E-state index contributed by atoms with van der Waals surface area (Å²) in [6.45, 7) is 3.94. The predicted molar refractivity (Wildman–Crippen MR) is 150 cm³/mol. The molecule has 3 aromatic rings. The number of fused-ring (bicyclic) bond motifs is 1. The zero-order valence-electron chi connectivity index (χ0n) is 22.9. The Morgan fingerprint density at radius 1 is 1.21 bits per heavy atom. The molecule has 0 amide bonds. The molecule has 0 radical (unpaired) electrons. The minimum absolute atomic E-state index is 0.0482. The number of rotatable bonds is 10. The van der Waals surface area contributed by atoms with Crippen molar-refractivity contribution in [3.05, 3.63) is 74.0 Å². The number of aromatic nitrogens is 2. The molecule has 4 rings (SSSR count). The van der Waals surface area contributed by atoms with Crippen LogP contribution in [0, 0.1) is 0 Å². The largest absolute Gasteiger partial charge is 0.462 e. The van der Waals surface area contributed by atoms with Gasteiger partial charge in [-0.3, -0.25) is 23.7 Å². The van der Waals surface area contributed by atoms with E-state index in [4.69, 9.17) is 18.5 Å². The molecule has 1 aliphatic heterocycles. The van der Waals surface area contributed by atoms with Crippen LogP contribution in [0.3, 0.4) is 0 Å². The maximum absolute atomic E-state index is 16.1. The fraction of sp³-hybridized carbons (Fsp3) is 0.423. The van der Waals surface area contributed by atoms with Gasteiger partial charge in [0, 0.05) is 11.6 Å². The number of benzene rings is 2. The van der Waals surface area contributed by atoms with Crippen molar-refractivity contribution in [3.63, 3.8) is 0 Å². The van der Waals surface area contributed by atoms with Gasteiger partial charge in [-0.05, 0) is 55.1 Å². The van der Waals surface area contributed by atoms with Crippen LogP contribution in [-0.2, 0) is 23.4 Å². The summed E-state index contributed by atoms with van der Waals surface area (Å²) in [6.07, 6.45) is -4.27. The van der Waals surface area contributed by atoms with Crippen LogP contribution in [0.1, 0.15) is 33.9 Å². The topological polar surface area (TPSA) is 158 Å². The fourth-order valence-corrected chi connectivity index (χ4v) is 6.13. The third-order valence-electron chi connectivity index (χ3n) is 6.37. The number of esters is 1. The van der Waals surface area contributed by atoms with Gasteiger partial charge >= 0.3 is 19.4 Å². The lowest BCUT2D eigenvalue weighted by atomic mass is 9.97. The number of ether oxygens (including phenoxy) is 2. The van der Waals surface area contributed by atoms with Crippen LogP contribution < -0.4 is 20.9 Å². The van der Waals surface area contributed by atoms with Gasteiger partial charge in [0.25, 0.3) is 11.4 Å². The summed E-state index contributed by atoms with van der Waals surface area (Å²) in [5, 5.41) is 14.2. The van der Waals surface area contributed by atoms with E-state index in [0.29, 0.717) is 15.3 Å². The quantitative estimate of drug-likeness (QED) is 0.213. The smallest absolute Gasteiger partial charge is 0.459 e. The lowest BCUT2D eigenvalue weighted by molar-refractivity contribution is -0.204. The van der Waals surface area contributed by atoms with Crippen LogP contribution in [0.25, 0.3) is 10.8 Å². The van der Waals surface area contributed by atoms with Gasteiger partial charge in [-0.2, -0.15) is 5.09 Å². The van der Waals surface area contributed by atoms with E-state index in [1.54, 1.807) is 50.2 Å². The Kier molecular flexibility index (Phi) is 9.12. The Morgan fingerprint density at radius 2 is 1.88 bits per heavy atom. The fourth-order valence-electron chi connectivity index (χ4n) is 4.29. The second kappa shape index (κ2) is 12.0. The van der Waals surface area contributed by atoms with Gasteiger partial charge in [-0.25, -0.2) is 18.1 Å². The highest BCUT2D eigenvalue weighted by Gasteiger charge is 2.65. The summed E-state index contributed by atoms with van der Waals surface area (Å²) in [6, 6.07) is 10.5. The average Bonchev–Trinajstić information content (AvgIpc) is 3.09. The lowest BCUT2D eigenvalue weighted by Gasteiger charge is -2.28. The lowest BCUT2D eigenvalue weighted by Crippen LogP contribution is -2.48. The Hall–Kier alpha value is -2.94. The van der Waals surface area contributed by atoms with Gasteiger partial charge in [-0.15, -0.1) is 0 Å². The number of carbonyl (C=O) groups is 1. The first kappa shape index (κ1) is 32.0. The Bertz CT molecular complexity index is 1640. The maximum atomic E-state index is 16.1. The van der Waals surface area contributed by atoms with Crippen molar-refractivity contribution in [2.24, 2.45) is 0 Å². The molecule has 0 spiro atoms. The number of aliphatic hydroxyl groups excluding tert-OH is 1. The summed E-state index contributed by atoms with van der Waals surface area (Å²) in [5.41, 5.74) is -4.91. The van der Waals surface area contributed by atoms with E-state index in [-0.39, 0.29) is 10.2 Å². The normalized spacial score (nSPS) is 26.2. The molecule has 1 fully saturated rings. The summed E-state index contributed by atoms with van der Waals surface area (Å²) in [7, 11) is -4.71. The monoisotopic (exact) mass is 675 g/mol. The molecule has 6 atom stereocenters. The SMILES string of the molecule is CC(C)OC(=O)C(C)NP(=O)(OC[C@@]1(F)OC(n2cc(Br)c(=O)[nH]c2=O)[C@](C)(F)[C@@H]1O)Oc1cccc2ccccc12. The summed E-state index contributed by atoms with van der Waals surface area (Å²) >= 11 is 2.90. The highest BCUT2D eigenvalue weighted by molar-refractivity contribution is 9.10. The number of H-pyrrole nitrogens is 1. The molecule has 228 valence electrons. The van der Waals surface area contributed by atoms with Crippen LogP contribution in [0.4, 0.5) is 8.78 Å². The Labute approximate surface area is 246 Å².